The Morgan fingerprint density at radius 2 is 1.93 bits per heavy atom. The lowest BCUT2D eigenvalue weighted by molar-refractivity contribution is 0.100. The molecule has 0 saturated carbocycles. The SMILES string of the molecule is NCC(=O)c1ccc(NC(N)=S)cc1. The Balaban J connectivity index is 2.78. The molecule has 5 heteroatoms. The first-order chi connectivity index (χ1) is 6.63. The number of nitrogens with two attached hydrogens (primary N) is 2. The van der Waals surface area contributed by atoms with Gasteiger partial charge in [-0.15, -0.1) is 0 Å². The molecule has 0 aliphatic carbocycles. The molecule has 1 rings (SSSR count). The zero-order valence-electron chi connectivity index (χ0n) is 7.49. The van der Waals surface area contributed by atoms with Crippen LogP contribution < -0.4 is 16.8 Å². The van der Waals surface area contributed by atoms with Crippen LogP contribution in [0.3, 0.4) is 0 Å². The second-order valence-electron chi connectivity index (χ2n) is 2.69. The highest BCUT2D eigenvalue weighted by atomic mass is 32.1. The molecule has 4 nitrogen and oxygen atoms in total. The van der Waals surface area contributed by atoms with Gasteiger partial charge >= 0.3 is 0 Å². The summed E-state index contributed by atoms with van der Waals surface area (Å²) in [6, 6.07) is 6.80. The predicted molar refractivity (Wildman–Crippen MR) is 60.2 cm³/mol. The summed E-state index contributed by atoms with van der Waals surface area (Å²) >= 11 is 4.66. The van der Waals surface area contributed by atoms with Crippen molar-refractivity contribution in [2.75, 3.05) is 11.9 Å². The van der Waals surface area contributed by atoms with Crippen molar-refractivity contribution in [3.63, 3.8) is 0 Å². The summed E-state index contributed by atoms with van der Waals surface area (Å²) in [7, 11) is 0. The van der Waals surface area contributed by atoms with E-state index in [1.807, 2.05) is 0 Å². The second kappa shape index (κ2) is 4.69. The maximum atomic E-state index is 11.2. The Hall–Kier alpha value is -1.46. The highest BCUT2D eigenvalue weighted by molar-refractivity contribution is 7.80. The Morgan fingerprint density at radius 3 is 2.36 bits per heavy atom. The van der Waals surface area contributed by atoms with Crippen LogP contribution in [0.2, 0.25) is 0 Å². The molecule has 0 amide bonds. The first-order valence-electron chi connectivity index (χ1n) is 4.03. The average molecular weight is 209 g/mol. The largest absolute Gasteiger partial charge is 0.376 e. The third-order valence-electron chi connectivity index (χ3n) is 1.66. The van der Waals surface area contributed by atoms with E-state index >= 15 is 0 Å². The van der Waals surface area contributed by atoms with Crippen LogP contribution in [-0.4, -0.2) is 17.4 Å². The fourth-order valence-corrected chi connectivity index (χ4v) is 1.12. The molecule has 0 aliphatic rings. The van der Waals surface area contributed by atoms with Crippen LogP contribution in [0.1, 0.15) is 10.4 Å². The molecular weight excluding hydrogens is 198 g/mol. The van der Waals surface area contributed by atoms with Gasteiger partial charge in [-0.25, -0.2) is 0 Å². The molecule has 14 heavy (non-hydrogen) atoms. The number of Topliss-reactive ketones (excluding diaryl/α,β-unsaturated/α-hetero) is 1. The lowest BCUT2D eigenvalue weighted by Gasteiger charge is -2.04. The van der Waals surface area contributed by atoms with Gasteiger partial charge < -0.3 is 16.8 Å². The summed E-state index contributed by atoms with van der Waals surface area (Å²) in [4.78, 5) is 11.2. The zero-order valence-corrected chi connectivity index (χ0v) is 8.30. The molecule has 74 valence electrons. The minimum absolute atomic E-state index is 0.0159. The summed E-state index contributed by atoms with van der Waals surface area (Å²) < 4.78 is 0. The van der Waals surface area contributed by atoms with E-state index in [1.165, 1.54) is 0 Å². The maximum absolute atomic E-state index is 11.2. The fraction of sp³-hybridized carbons (Fsp3) is 0.111. The zero-order chi connectivity index (χ0) is 10.6. The predicted octanol–water partition coefficient (Wildman–Crippen LogP) is 0.483. The molecule has 0 fully saturated rings. The van der Waals surface area contributed by atoms with Gasteiger partial charge in [-0.05, 0) is 36.5 Å². The molecule has 1 aromatic carbocycles. The van der Waals surface area contributed by atoms with Crippen LogP contribution in [0.5, 0.6) is 0 Å². The van der Waals surface area contributed by atoms with Crippen molar-refractivity contribution in [3.8, 4) is 0 Å². The monoisotopic (exact) mass is 209 g/mol. The maximum Gasteiger partial charge on any atom is 0.176 e. The highest BCUT2D eigenvalue weighted by Crippen LogP contribution is 2.09. The topological polar surface area (TPSA) is 81.1 Å². The standard InChI is InChI=1S/C9H11N3OS/c10-5-8(13)6-1-3-7(4-2-6)12-9(11)14/h1-4H,5,10H2,(H3,11,12,14). The Labute approximate surface area is 87.3 Å². The Morgan fingerprint density at radius 1 is 1.36 bits per heavy atom. The summed E-state index contributed by atoms with van der Waals surface area (Å²) in [6.07, 6.45) is 0. The minimum atomic E-state index is -0.0909. The summed E-state index contributed by atoms with van der Waals surface area (Å²) in [5.41, 5.74) is 11.8. The number of carbonyl (C=O) groups is 1. The molecule has 0 aliphatic heterocycles. The summed E-state index contributed by atoms with van der Waals surface area (Å²) in [6.45, 7) is 0.0159. The molecule has 0 spiro atoms. The lowest BCUT2D eigenvalue weighted by atomic mass is 10.1. The van der Waals surface area contributed by atoms with Gasteiger partial charge in [0.1, 0.15) is 0 Å². The Bertz CT molecular complexity index is 348. The first kappa shape index (κ1) is 10.6. The van der Waals surface area contributed by atoms with Crippen LogP contribution in [0.25, 0.3) is 0 Å². The number of anilines is 1. The summed E-state index contributed by atoms with van der Waals surface area (Å²) in [5, 5.41) is 2.95. The minimum Gasteiger partial charge on any atom is -0.376 e. The van der Waals surface area contributed by atoms with Gasteiger partial charge in [0, 0.05) is 11.3 Å². The molecule has 0 atom stereocenters. The normalized spacial score (nSPS) is 9.50. The highest BCUT2D eigenvalue weighted by Gasteiger charge is 2.02. The number of hydrogen-bond acceptors (Lipinski definition) is 3. The van der Waals surface area contributed by atoms with E-state index in [-0.39, 0.29) is 17.4 Å². The molecule has 0 saturated heterocycles. The average Bonchev–Trinajstić information content (AvgIpc) is 2.17. The molecule has 0 heterocycles. The van der Waals surface area contributed by atoms with Gasteiger partial charge in [0.15, 0.2) is 10.9 Å². The second-order valence-corrected chi connectivity index (χ2v) is 3.13. The Kier molecular flexibility index (Phi) is 3.55. The van der Waals surface area contributed by atoms with Crippen molar-refractivity contribution in [3.05, 3.63) is 29.8 Å². The van der Waals surface area contributed by atoms with E-state index in [1.54, 1.807) is 24.3 Å². The molecule has 1 aromatic rings. The van der Waals surface area contributed by atoms with E-state index in [9.17, 15) is 4.79 Å². The van der Waals surface area contributed by atoms with Crippen molar-refractivity contribution < 1.29 is 4.79 Å². The fourth-order valence-electron chi connectivity index (χ4n) is 1.000. The van der Waals surface area contributed by atoms with Gasteiger partial charge in [-0.2, -0.15) is 0 Å². The third kappa shape index (κ3) is 2.79. The molecule has 0 bridgehead atoms. The number of carbonyl (C=O) groups excluding carboxylic acids is 1. The van der Waals surface area contributed by atoms with Crippen LogP contribution >= 0.6 is 12.2 Å². The molecule has 0 unspecified atom stereocenters. The molecule has 0 aromatic heterocycles. The van der Waals surface area contributed by atoms with Crippen molar-refractivity contribution in [2.24, 2.45) is 11.5 Å². The lowest BCUT2D eigenvalue weighted by Crippen LogP contribution is -2.19. The number of nitrogens with one attached hydrogen (secondary N) is 1. The number of ketones is 1. The molecule has 5 N–H and O–H groups in total. The van der Waals surface area contributed by atoms with Crippen molar-refractivity contribution in [1.82, 2.24) is 0 Å². The summed E-state index contributed by atoms with van der Waals surface area (Å²) in [5.74, 6) is -0.0909. The van der Waals surface area contributed by atoms with Gasteiger partial charge in [-0.1, -0.05) is 0 Å². The quantitative estimate of drug-likeness (QED) is 0.498. The van der Waals surface area contributed by atoms with Crippen molar-refractivity contribution >= 4 is 28.8 Å². The van der Waals surface area contributed by atoms with Crippen LogP contribution in [0.15, 0.2) is 24.3 Å². The number of hydrogen-bond donors (Lipinski definition) is 3. The van der Waals surface area contributed by atoms with E-state index in [4.69, 9.17) is 11.5 Å². The van der Waals surface area contributed by atoms with Crippen molar-refractivity contribution in [2.45, 2.75) is 0 Å². The van der Waals surface area contributed by atoms with Gasteiger partial charge in [0.05, 0.1) is 6.54 Å². The first-order valence-corrected chi connectivity index (χ1v) is 4.44. The molecule has 0 radical (unpaired) electrons. The number of thiocarbonyl (C=S) groups is 1. The van der Waals surface area contributed by atoms with E-state index in [0.29, 0.717) is 5.56 Å². The van der Waals surface area contributed by atoms with E-state index in [2.05, 4.69) is 17.5 Å². The van der Waals surface area contributed by atoms with Crippen LogP contribution in [0.4, 0.5) is 5.69 Å². The van der Waals surface area contributed by atoms with E-state index < -0.39 is 0 Å². The van der Waals surface area contributed by atoms with Gasteiger partial charge in [0.25, 0.3) is 0 Å². The van der Waals surface area contributed by atoms with Gasteiger partial charge in [-0.3, -0.25) is 4.79 Å². The molecular formula is C9H11N3OS. The van der Waals surface area contributed by atoms with Crippen LogP contribution in [-0.2, 0) is 0 Å². The third-order valence-corrected chi connectivity index (χ3v) is 1.76. The smallest absolute Gasteiger partial charge is 0.176 e. The van der Waals surface area contributed by atoms with Crippen LogP contribution in [0, 0.1) is 0 Å². The van der Waals surface area contributed by atoms with Crippen molar-refractivity contribution in [1.29, 1.82) is 0 Å². The van der Waals surface area contributed by atoms with Gasteiger partial charge in [0.2, 0.25) is 0 Å². The van der Waals surface area contributed by atoms with E-state index in [0.717, 1.165) is 5.69 Å². The number of rotatable bonds is 3. The number of benzene rings is 1.